The topological polar surface area (TPSA) is 79.9 Å². The minimum atomic E-state index is -0.389. The van der Waals surface area contributed by atoms with Gasteiger partial charge in [0.2, 0.25) is 0 Å². The van der Waals surface area contributed by atoms with E-state index in [1.54, 1.807) is 0 Å². The van der Waals surface area contributed by atoms with Crippen molar-refractivity contribution in [1.29, 1.82) is 0 Å². The molecule has 6 nitrogen and oxygen atoms in total. The van der Waals surface area contributed by atoms with E-state index in [4.69, 9.17) is 4.74 Å². The number of aryl methyl sites for hydroxylation is 2. The molecule has 6 heteroatoms. The fourth-order valence-corrected chi connectivity index (χ4v) is 2.61. The molecule has 2 atom stereocenters. The summed E-state index contributed by atoms with van der Waals surface area (Å²) in [7, 11) is 0. The van der Waals surface area contributed by atoms with Crippen LogP contribution in [0, 0.1) is 19.8 Å². The van der Waals surface area contributed by atoms with Crippen LogP contribution >= 0.6 is 0 Å². The van der Waals surface area contributed by atoms with Crippen LogP contribution in [0.4, 0.5) is 5.82 Å². The van der Waals surface area contributed by atoms with Gasteiger partial charge in [-0.2, -0.15) is 0 Å². The van der Waals surface area contributed by atoms with Gasteiger partial charge >= 0.3 is 0 Å². The average Bonchev–Trinajstić information content (AvgIpc) is 2.95. The van der Waals surface area contributed by atoms with Gasteiger partial charge in [0.15, 0.2) is 0 Å². The number of carbonyl (C=O) groups excluding carboxylic acids is 1. The van der Waals surface area contributed by atoms with E-state index in [1.165, 1.54) is 6.33 Å². The average molecular weight is 274 g/mol. The fraction of sp³-hybridized carbons (Fsp3) is 0.500. The van der Waals surface area contributed by atoms with Crippen LogP contribution in [0.25, 0.3) is 11.0 Å². The standard InChI is InChI=1S/C14H18N4O2/c1-7-4-5-20-11(7)14(19)18-13-10-8(2)9(3)17-12(10)15-6-16-13/h6-7,11H,4-5H2,1-3H3,(H2,15,16,17,18,19)/t7-,11-/m0/s1. The first-order chi connectivity index (χ1) is 9.58. The molecule has 2 N–H and O–H groups in total. The number of aromatic amines is 1. The zero-order chi connectivity index (χ0) is 14.3. The molecule has 1 aliphatic heterocycles. The minimum absolute atomic E-state index is 0.131. The van der Waals surface area contributed by atoms with Gasteiger partial charge in [0.25, 0.3) is 5.91 Å². The normalized spacial score (nSPS) is 22.4. The van der Waals surface area contributed by atoms with Crippen LogP contribution in [0.2, 0.25) is 0 Å². The van der Waals surface area contributed by atoms with E-state index in [-0.39, 0.29) is 17.9 Å². The molecule has 2 aromatic rings. The van der Waals surface area contributed by atoms with Crippen molar-refractivity contribution in [1.82, 2.24) is 15.0 Å². The molecular formula is C14H18N4O2. The molecule has 0 saturated carbocycles. The predicted molar refractivity (Wildman–Crippen MR) is 75.5 cm³/mol. The molecule has 1 aliphatic rings. The molecule has 0 unspecified atom stereocenters. The summed E-state index contributed by atoms with van der Waals surface area (Å²) in [4.78, 5) is 23.9. The van der Waals surface area contributed by atoms with Crippen molar-refractivity contribution < 1.29 is 9.53 Å². The van der Waals surface area contributed by atoms with E-state index in [0.717, 1.165) is 28.7 Å². The van der Waals surface area contributed by atoms with Crippen LogP contribution in [0.5, 0.6) is 0 Å². The van der Waals surface area contributed by atoms with Gasteiger partial charge < -0.3 is 15.0 Å². The summed E-state index contributed by atoms with van der Waals surface area (Å²) in [6.45, 7) is 6.63. The third kappa shape index (κ3) is 2.06. The molecule has 1 fully saturated rings. The summed E-state index contributed by atoms with van der Waals surface area (Å²) < 4.78 is 5.48. The number of hydrogen-bond acceptors (Lipinski definition) is 4. The molecule has 0 spiro atoms. The number of nitrogens with one attached hydrogen (secondary N) is 2. The lowest BCUT2D eigenvalue weighted by molar-refractivity contribution is -0.126. The highest BCUT2D eigenvalue weighted by atomic mass is 16.5. The number of H-pyrrole nitrogens is 1. The molecule has 0 aromatic carbocycles. The maximum Gasteiger partial charge on any atom is 0.254 e. The van der Waals surface area contributed by atoms with E-state index < -0.39 is 0 Å². The van der Waals surface area contributed by atoms with Gasteiger partial charge in [0.05, 0.1) is 5.39 Å². The summed E-state index contributed by atoms with van der Waals surface area (Å²) in [6, 6.07) is 0. The number of hydrogen-bond donors (Lipinski definition) is 2. The number of amides is 1. The summed E-state index contributed by atoms with van der Waals surface area (Å²) in [5, 5.41) is 3.74. The molecule has 2 aromatic heterocycles. The zero-order valence-corrected chi connectivity index (χ0v) is 11.9. The molecule has 3 heterocycles. The Labute approximate surface area is 117 Å². The Kier molecular flexibility index (Phi) is 3.17. The number of nitrogens with zero attached hydrogens (tertiary/aromatic N) is 2. The summed E-state index contributed by atoms with van der Waals surface area (Å²) in [6.07, 6.45) is 1.98. The van der Waals surface area contributed by atoms with Gasteiger partial charge in [-0.15, -0.1) is 0 Å². The molecule has 0 radical (unpaired) electrons. The van der Waals surface area contributed by atoms with Crippen LogP contribution in [0.15, 0.2) is 6.33 Å². The Hall–Kier alpha value is -1.95. The summed E-state index contributed by atoms with van der Waals surface area (Å²) in [5.41, 5.74) is 2.82. The number of anilines is 1. The Balaban J connectivity index is 1.93. The van der Waals surface area contributed by atoms with E-state index in [2.05, 4.69) is 20.3 Å². The van der Waals surface area contributed by atoms with Crippen molar-refractivity contribution in [3.63, 3.8) is 0 Å². The summed E-state index contributed by atoms with van der Waals surface area (Å²) >= 11 is 0. The lowest BCUT2D eigenvalue weighted by Gasteiger charge is -2.14. The van der Waals surface area contributed by atoms with Crippen molar-refractivity contribution in [2.45, 2.75) is 33.3 Å². The second kappa shape index (κ2) is 4.86. The van der Waals surface area contributed by atoms with Gasteiger partial charge in [-0.1, -0.05) is 6.92 Å². The SMILES string of the molecule is Cc1[nH]c2ncnc(NC(=O)[C@H]3OCC[C@@H]3C)c2c1C. The molecule has 3 rings (SSSR count). The first-order valence-corrected chi connectivity index (χ1v) is 6.80. The maximum atomic E-state index is 12.3. The van der Waals surface area contributed by atoms with E-state index >= 15 is 0 Å². The second-order valence-electron chi connectivity index (χ2n) is 5.37. The van der Waals surface area contributed by atoms with Crippen molar-refractivity contribution in [3.8, 4) is 0 Å². The Morgan fingerprint density at radius 1 is 1.45 bits per heavy atom. The van der Waals surface area contributed by atoms with Crippen LogP contribution in [-0.2, 0) is 9.53 Å². The molecule has 20 heavy (non-hydrogen) atoms. The molecule has 1 saturated heterocycles. The monoisotopic (exact) mass is 274 g/mol. The number of aromatic nitrogens is 3. The molecule has 1 amide bonds. The largest absolute Gasteiger partial charge is 0.368 e. The Morgan fingerprint density at radius 2 is 2.25 bits per heavy atom. The number of fused-ring (bicyclic) bond motifs is 1. The van der Waals surface area contributed by atoms with E-state index in [0.29, 0.717) is 12.4 Å². The van der Waals surface area contributed by atoms with Gasteiger partial charge in [-0.3, -0.25) is 4.79 Å². The third-order valence-electron chi connectivity index (χ3n) is 3.98. The summed E-state index contributed by atoms with van der Waals surface area (Å²) in [5.74, 6) is 0.652. The third-order valence-corrected chi connectivity index (χ3v) is 3.98. The molecular weight excluding hydrogens is 256 g/mol. The minimum Gasteiger partial charge on any atom is -0.368 e. The van der Waals surface area contributed by atoms with Gasteiger partial charge in [0, 0.05) is 12.3 Å². The molecule has 0 bridgehead atoms. The highest BCUT2D eigenvalue weighted by molar-refractivity contribution is 6.02. The number of carbonyl (C=O) groups is 1. The number of ether oxygens (including phenoxy) is 1. The molecule has 106 valence electrons. The molecule has 0 aliphatic carbocycles. The lowest BCUT2D eigenvalue weighted by Crippen LogP contribution is -2.31. The van der Waals surface area contributed by atoms with Crippen molar-refractivity contribution in [2.75, 3.05) is 11.9 Å². The van der Waals surface area contributed by atoms with E-state index in [9.17, 15) is 4.79 Å². The van der Waals surface area contributed by atoms with Gasteiger partial charge in [0.1, 0.15) is 23.9 Å². The zero-order valence-electron chi connectivity index (χ0n) is 11.9. The highest BCUT2D eigenvalue weighted by Crippen LogP contribution is 2.27. The Bertz CT molecular complexity index is 664. The predicted octanol–water partition coefficient (Wildman–Crippen LogP) is 1.94. The van der Waals surface area contributed by atoms with E-state index in [1.807, 2.05) is 20.8 Å². The lowest BCUT2D eigenvalue weighted by atomic mass is 10.0. The quantitative estimate of drug-likeness (QED) is 0.877. The van der Waals surface area contributed by atoms with Crippen LogP contribution in [0.1, 0.15) is 24.6 Å². The van der Waals surface area contributed by atoms with Crippen molar-refractivity contribution in [3.05, 3.63) is 17.6 Å². The van der Waals surface area contributed by atoms with Crippen LogP contribution in [0.3, 0.4) is 0 Å². The van der Waals surface area contributed by atoms with Crippen molar-refractivity contribution in [2.24, 2.45) is 5.92 Å². The van der Waals surface area contributed by atoms with Crippen LogP contribution in [-0.4, -0.2) is 33.6 Å². The van der Waals surface area contributed by atoms with Gasteiger partial charge in [-0.05, 0) is 31.7 Å². The smallest absolute Gasteiger partial charge is 0.254 e. The number of rotatable bonds is 2. The van der Waals surface area contributed by atoms with Crippen molar-refractivity contribution >= 4 is 22.8 Å². The first-order valence-electron chi connectivity index (χ1n) is 6.80. The first kappa shape index (κ1) is 13.1. The fourth-order valence-electron chi connectivity index (χ4n) is 2.61. The second-order valence-corrected chi connectivity index (χ2v) is 5.37. The highest BCUT2D eigenvalue weighted by Gasteiger charge is 2.31. The van der Waals surface area contributed by atoms with Gasteiger partial charge in [-0.25, -0.2) is 9.97 Å². The maximum absolute atomic E-state index is 12.3. The van der Waals surface area contributed by atoms with Crippen LogP contribution < -0.4 is 5.32 Å². The Morgan fingerprint density at radius 3 is 2.95 bits per heavy atom.